The van der Waals surface area contributed by atoms with Gasteiger partial charge < -0.3 is 5.73 Å². The molecule has 10 heavy (non-hydrogen) atoms. The number of halogens is 1. The minimum atomic E-state index is -0.404. The lowest BCUT2D eigenvalue weighted by Crippen LogP contribution is -2.00. The summed E-state index contributed by atoms with van der Waals surface area (Å²) in [7, 11) is 0. The van der Waals surface area contributed by atoms with Gasteiger partial charge in [-0.05, 0) is 23.9 Å². The molecule has 0 fully saturated rings. The Morgan fingerprint density at radius 2 is 2.40 bits per heavy atom. The van der Waals surface area contributed by atoms with Crippen LogP contribution in [0.15, 0.2) is 16.3 Å². The predicted molar refractivity (Wildman–Crippen MR) is 44.8 cm³/mol. The van der Waals surface area contributed by atoms with Gasteiger partial charge in [-0.1, -0.05) is 11.6 Å². The van der Waals surface area contributed by atoms with Crippen LogP contribution in [-0.4, -0.2) is 5.24 Å². The fourth-order valence-electron chi connectivity index (χ4n) is 0.452. The maximum Gasteiger partial charge on any atom is 0.282 e. The van der Waals surface area contributed by atoms with Crippen LogP contribution >= 0.6 is 34.7 Å². The number of nitrogens with two attached hydrogens (primary N) is 1. The van der Waals surface area contributed by atoms with Crippen LogP contribution in [0.5, 0.6) is 0 Å². The lowest BCUT2D eigenvalue weighted by Gasteiger charge is -1.85. The third-order valence-corrected chi connectivity index (χ3v) is 2.81. The molecule has 0 aliphatic carbocycles. The normalized spacial score (nSPS) is 9.70. The number of primary amides is 1. The molecule has 0 saturated carbocycles. The third-order valence-electron chi connectivity index (χ3n) is 0.750. The zero-order valence-corrected chi connectivity index (χ0v) is 7.22. The minimum absolute atomic E-state index is 0.404. The molecule has 0 aromatic carbocycles. The van der Waals surface area contributed by atoms with E-state index in [0.717, 1.165) is 16.0 Å². The highest BCUT2D eigenvalue weighted by molar-refractivity contribution is 8.14. The van der Waals surface area contributed by atoms with Crippen molar-refractivity contribution in [2.75, 3.05) is 0 Å². The monoisotopic (exact) mass is 193 g/mol. The van der Waals surface area contributed by atoms with E-state index in [1.807, 2.05) is 0 Å². The molecule has 1 aromatic heterocycles. The largest absolute Gasteiger partial charge is 0.360 e. The topological polar surface area (TPSA) is 43.1 Å². The predicted octanol–water partition coefficient (Wildman–Crippen LogP) is 2.57. The molecule has 0 spiro atoms. The summed E-state index contributed by atoms with van der Waals surface area (Å²) in [5, 5.41) is -0.404. The fourth-order valence-corrected chi connectivity index (χ4v) is 2.38. The Labute approximate surface area is 71.4 Å². The van der Waals surface area contributed by atoms with Crippen LogP contribution in [0.3, 0.4) is 0 Å². The molecule has 1 amide bonds. The summed E-state index contributed by atoms with van der Waals surface area (Å²) in [5.74, 6) is 0. The van der Waals surface area contributed by atoms with Crippen molar-refractivity contribution in [1.29, 1.82) is 0 Å². The molecule has 0 bridgehead atoms. The average molecular weight is 194 g/mol. The van der Waals surface area contributed by atoms with Gasteiger partial charge in [-0.15, -0.1) is 11.3 Å². The van der Waals surface area contributed by atoms with E-state index in [-0.39, 0.29) is 0 Å². The van der Waals surface area contributed by atoms with Crippen molar-refractivity contribution in [3.8, 4) is 0 Å². The number of rotatable bonds is 1. The quantitative estimate of drug-likeness (QED) is 0.697. The number of carbonyl (C=O) groups is 1. The van der Waals surface area contributed by atoms with E-state index >= 15 is 0 Å². The Balaban J connectivity index is 2.67. The first-order valence-electron chi connectivity index (χ1n) is 2.41. The Morgan fingerprint density at radius 3 is 2.80 bits per heavy atom. The summed E-state index contributed by atoms with van der Waals surface area (Å²) in [6, 6.07) is 3.50. The Morgan fingerprint density at radius 1 is 1.70 bits per heavy atom. The van der Waals surface area contributed by atoms with Gasteiger partial charge in [0.25, 0.3) is 5.24 Å². The number of amides is 1. The number of thiophene rings is 1. The Hall–Kier alpha value is -0.190. The van der Waals surface area contributed by atoms with Crippen LogP contribution in [0.2, 0.25) is 4.34 Å². The first kappa shape index (κ1) is 7.91. The van der Waals surface area contributed by atoms with Crippen molar-refractivity contribution >= 4 is 39.9 Å². The van der Waals surface area contributed by atoms with E-state index in [1.54, 1.807) is 12.1 Å². The summed E-state index contributed by atoms with van der Waals surface area (Å²) < 4.78 is 1.50. The summed E-state index contributed by atoms with van der Waals surface area (Å²) in [6.45, 7) is 0. The zero-order chi connectivity index (χ0) is 7.56. The highest BCUT2D eigenvalue weighted by Crippen LogP contribution is 2.29. The van der Waals surface area contributed by atoms with Crippen molar-refractivity contribution in [1.82, 2.24) is 0 Å². The fraction of sp³-hybridized carbons (Fsp3) is 0. The highest BCUT2D eigenvalue weighted by Gasteiger charge is 2.01. The van der Waals surface area contributed by atoms with Gasteiger partial charge in [-0.3, -0.25) is 4.79 Å². The summed E-state index contributed by atoms with van der Waals surface area (Å²) in [4.78, 5) is 10.3. The first-order chi connectivity index (χ1) is 4.68. The molecular weight excluding hydrogens is 190 g/mol. The number of hydrogen-bond acceptors (Lipinski definition) is 3. The third kappa shape index (κ3) is 2.21. The summed E-state index contributed by atoms with van der Waals surface area (Å²) in [5.41, 5.74) is 4.92. The van der Waals surface area contributed by atoms with Gasteiger partial charge in [0.05, 0.1) is 8.55 Å². The zero-order valence-electron chi connectivity index (χ0n) is 4.83. The van der Waals surface area contributed by atoms with E-state index in [9.17, 15) is 4.79 Å². The van der Waals surface area contributed by atoms with E-state index in [1.165, 1.54) is 11.3 Å². The second kappa shape index (κ2) is 3.27. The molecule has 1 heterocycles. The van der Waals surface area contributed by atoms with Gasteiger partial charge in [0.1, 0.15) is 0 Å². The molecule has 1 aromatic rings. The van der Waals surface area contributed by atoms with Gasteiger partial charge in [-0.25, -0.2) is 0 Å². The van der Waals surface area contributed by atoms with Crippen LogP contribution in [0.25, 0.3) is 0 Å². The molecule has 0 aliphatic rings. The van der Waals surface area contributed by atoms with Gasteiger partial charge in [-0.2, -0.15) is 0 Å². The van der Waals surface area contributed by atoms with Crippen molar-refractivity contribution in [3.63, 3.8) is 0 Å². The molecule has 2 N–H and O–H groups in total. The number of carbonyl (C=O) groups excluding carboxylic acids is 1. The van der Waals surface area contributed by atoms with Gasteiger partial charge in [0.2, 0.25) is 0 Å². The molecule has 5 heteroatoms. The number of hydrogen-bond donors (Lipinski definition) is 1. The lowest BCUT2D eigenvalue weighted by molar-refractivity contribution is 0.267. The van der Waals surface area contributed by atoms with E-state index in [4.69, 9.17) is 17.3 Å². The molecule has 0 unspecified atom stereocenters. The molecule has 0 radical (unpaired) electrons. The van der Waals surface area contributed by atoms with Crippen LogP contribution in [0, 0.1) is 0 Å². The average Bonchev–Trinajstić information content (AvgIpc) is 2.13. The van der Waals surface area contributed by atoms with Crippen LogP contribution in [0.1, 0.15) is 0 Å². The summed E-state index contributed by atoms with van der Waals surface area (Å²) >= 11 is 7.93. The maximum absolute atomic E-state index is 10.3. The first-order valence-corrected chi connectivity index (χ1v) is 4.42. The van der Waals surface area contributed by atoms with Crippen molar-refractivity contribution in [2.24, 2.45) is 5.73 Å². The van der Waals surface area contributed by atoms with Crippen molar-refractivity contribution < 1.29 is 4.79 Å². The molecule has 0 aliphatic heterocycles. The Bertz CT molecular complexity index is 248. The smallest absolute Gasteiger partial charge is 0.282 e. The SMILES string of the molecule is NC(=O)Sc1ccc(Cl)s1. The molecular formula is C5H4ClNOS2. The van der Waals surface area contributed by atoms with Gasteiger partial charge in [0.15, 0.2) is 0 Å². The van der Waals surface area contributed by atoms with Crippen molar-refractivity contribution in [2.45, 2.75) is 4.21 Å². The number of thioether (sulfide) groups is 1. The Kier molecular flexibility index (Phi) is 2.59. The molecule has 54 valence electrons. The van der Waals surface area contributed by atoms with E-state index < -0.39 is 5.24 Å². The maximum atomic E-state index is 10.3. The van der Waals surface area contributed by atoms with E-state index in [2.05, 4.69) is 0 Å². The second-order valence-electron chi connectivity index (χ2n) is 1.48. The second-order valence-corrected chi connectivity index (χ2v) is 4.50. The molecule has 0 saturated heterocycles. The molecule has 2 nitrogen and oxygen atoms in total. The lowest BCUT2D eigenvalue weighted by atomic mass is 10.7. The van der Waals surface area contributed by atoms with Gasteiger partial charge >= 0.3 is 0 Å². The van der Waals surface area contributed by atoms with Crippen LogP contribution in [0.4, 0.5) is 4.79 Å². The highest BCUT2D eigenvalue weighted by atomic mass is 35.5. The standard InChI is InChI=1S/C5H4ClNOS2/c6-3-1-2-4(9-3)10-5(7)8/h1-2H,(H2,7,8). The molecule has 0 atom stereocenters. The minimum Gasteiger partial charge on any atom is -0.360 e. The van der Waals surface area contributed by atoms with Crippen LogP contribution in [-0.2, 0) is 0 Å². The molecule has 1 rings (SSSR count). The van der Waals surface area contributed by atoms with E-state index in [0.29, 0.717) is 4.34 Å². The summed E-state index contributed by atoms with van der Waals surface area (Å²) in [6.07, 6.45) is 0. The van der Waals surface area contributed by atoms with Gasteiger partial charge in [0, 0.05) is 0 Å². The van der Waals surface area contributed by atoms with Crippen molar-refractivity contribution in [3.05, 3.63) is 16.5 Å². The van der Waals surface area contributed by atoms with Crippen LogP contribution < -0.4 is 5.73 Å².